The van der Waals surface area contributed by atoms with Crippen LogP contribution in [-0.4, -0.2) is 54.3 Å². The van der Waals surface area contributed by atoms with Crippen molar-refractivity contribution < 1.29 is 15.0 Å². The van der Waals surface area contributed by atoms with Crippen molar-refractivity contribution in [2.75, 3.05) is 11.5 Å². The number of aliphatic imine (C=N–C) groups is 1. The fourth-order valence-electron chi connectivity index (χ4n) is 2.70. The molecule has 2 aromatic rings. The van der Waals surface area contributed by atoms with Gasteiger partial charge in [0, 0.05) is 18.6 Å². The van der Waals surface area contributed by atoms with Crippen molar-refractivity contribution in [3.8, 4) is 0 Å². The molecule has 0 aliphatic heterocycles. The summed E-state index contributed by atoms with van der Waals surface area (Å²) in [4.78, 5) is 16.1. The van der Waals surface area contributed by atoms with Crippen molar-refractivity contribution in [2.45, 2.75) is 25.2 Å². The second-order valence-corrected chi connectivity index (χ2v) is 10.4. The molecule has 12 heteroatoms. The molecule has 0 spiro atoms. The summed E-state index contributed by atoms with van der Waals surface area (Å²) in [5, 5.41) is 46.5. The topological polar surface area (TPSA) is 179 Å². The molecule has 0 bridgehead atoms. The predicted molar refractivity (Wildman–Crippen MR) is 148 cm³/mol. The van der Waals surface area contributed by atoms with Gasteiger partial charge in [-0.3, -0.25) is 21.0 Å². The smallest absolute Gasteiger partial charge is 0.259 e. The molecule has 0 aromatic heterocycles. The first kappa shape index (κ1) is 28.6. The Labute approximate surface area is 216 Å². The predicted octanol–water partition coefficient (Wildman–Crippen LogP) is 3.19. The Kier molecular flexibility index (Phi) is 12.6. The van der Waals surface area contributed by atoms with Gasteiger partial charge in [0.05, 0.1) is 10.1 Å². The number of hydrogen-bond donors (Lipinski definition) is 7. The minimum absolute atomic E-state index is 0.119. The Balaban J connectivity index is 1.62. The molecule has 2 atom stereocenters. The van der Waals surface area contributed by atoms with Crippen LogP contribution in [0.15, 0.2) is 65.7 Å². The molecule has 0 saturated heterocycles. The maximum Gasteiger partial charge on any atom is 0.259 e. The molecular formula is C23H28N6O3S3. The largest absolute Gasteiger partial charge is 0.378 e. The third-order valence-corrected chi connectivity index (χ3v) is 6.93. The number of nitrogens with zero attached hydrogens (tertiary/aromatic N) is 1. The number of amidine groups is 2. The molecule has 2 rings (SSSR count). The number of nitrogens with two attached hydrogens (primary N) is 1. The number of thioether (sulfide) groups is 3. The van der Waals surface area contributed by atoms with Crippen LogP contribution >= 0.6 is 35.3 Å². The number of aliphatic hydroxyl groups is 2. The number of rotatable bonds is 10. The Morgan fingerprint density at radius 1 is 0.971 bits per heavy atom. The van der Waals surface area contributed by atoms with E-state index < -0.39 is 18.2 Å². The van der Waals surface area contributed by atoms with E-state index in [0.29, 0.717) is 35.0 Å². The molecule has 0 aliphatic carbocycles. The van der Waals surface area contributed by atoms with E-state index in [0.717, 1.165) is 29.1 Å². The number of aliphatic hydroxyl groups excluding tert-OH is 2. The van der Waals surface area contributed by atoms with Crippen LogP contribution in [0.4, 0.5) is 0 Å². The quantitative estimate of drug-likeness (QED) is 0.139. The van der Waals surface area contributed by atoms with Gasteiger partial charge < -0.3 is 21.3 Å². The summed E-state index contributed by atoms with van der Waals surface area (Å²) >= 11 is 3.19. The number of amides is 1. The monoisotopic (exact) mass is 532 g/mol. The fraction of sp³-hybridized carbons (Fsp3) is 0.261. The van der Waals surface area contributed by atoms with E-state index >= 15 is 0 Å². The first-order chi connectivity index (χ1) is 16.7. The minimum atomic E-state index is -1.39. The summed E-state index contributed by atoms with van der Waals surface area (Å²) < 4.78 is 0. The van der Waals surface area contributed by atoms with Crippen LogP contribution < -0.4 is 11.1 Å². The number of nitrogens with one attached hydrogen (secondary N) is 4. The molecule has 0 radical (unpaired) electrons. The van der Waals surface area contributed by atoms with Gasteiger partial charge in [-0.05, 0) is 40.4 Å². The lowest BCUT2D eigenvalue weighted by molar-refractivity contribution is -0.128. The molecule has 9 nitrogen and oxygen atoms in total. The summed E-state index contributed by atoms with van der Waals surface area (Å²) in [6.07, 6.45) is -1.62. The summed E-state index contributed by atoms with van der Waals surface area (Å²) in [5.74, 6) is 0.135. The van der Waals surface area contributed by atoms with Crippen LogP contribution in [0.25, 0.3) is 0 Å². The Morgan fingerprint density at radius 3 is 2.26 bits per heavy atom. The molecule has 2 aromatic carbocycles. The van der Waals surface area contributed by atoms with Gasteiger partial charge in [-0.15, -0.1) is 0 Å². The molecule has 1 unspecified atom stereocenters. The van der Waals surface area contributed by atoms with Gasteiger partial charge in [0.1, 0.15) is 0 Å². The summed E-state index contributed by atoms with van der Waals surface area (Å²) in [6, 6.07) is 17.8. The number of benzene rings is 2. The maximum atomic E-state index is 12.1. The molecule has 0 heterocycles. The molecule has 0 saturated carbocycles. The van der Waals surface area contributed by atoms with Gasteiger partial charge in [0.15, 0.2) is 22.7 Å². The lowest BCUT2D eigenvalue weighted by Gasteiger charge is -2.12. The van der Waals surface area contributed by atoms with E-state index in [-0.39, 0.29) is 15.4 Å². The molecule has 0 fully saturated rings. The van der Waals surface area contributed by atoms with E-state index in [1.54, 1.807) is 30.3 Å². The van der Waals surface area contributed by atoms with Crippen LogP contribution in [0.1, 0.15) is 23.7 Å². The minimum Gasteiger partial charge on any atom is -0.378 e. The van der Waals surface area contributed by atoms with E-state index in [4.69, 9.17) is 22.0 Å². The zero-order chi connectivity index (χ0) is 25.6. The zero-order valence-corrected chi connectivity index (χ0v) is 21.3. The van der Waals surface area contributed by atoms with Gasteiger partial charge in [-0.25, -0.2) is 4.99 Å². The van der Waals surface area contributed by atoms with Crippen LogP contribution in [0.5, 0.6) is 0 Å². The number of hydrogen-bond acceptors (Lipinski definition) is 10. The van der Waals surface area contributed by atoms with Crippen molar-refractivity contribution in [2.24, 2.45) is 10.7 Å². The molecule has 35 heavy (non-hydrogen) atoms. The highest BCUT2D eigenvalue weighted by Gasteiger charge is 2.19. The number of carbonyl (C=O) groups is 1. The Hall–Kier alpha value is -2.64. The lowest BCUT2D eigenvalue weighted by atomic mass is 10.1. The van der Waals surface area contributed by atoms with E-state index in [1.807, 2.05) is 30.3 Å². The SMILES string of the molecule is N=C(CSCCC(=N)S/C(N)=N\C(O)Cc1ccccc1)SC(=N)NC(=O)[C@@H](O)c1ccccc1. The summed E-state index contributed by atoms with van der Waals surface area (Å²) in [7, 11) is 0. The van der Waals surface area contributed by atoms with E-state index in [2.05, 4.69) is 10.3 Å². The van der Waals surface area contributed by atoms with Gasteiger partial charge in [-0.1, -0.05) is 60.7 Å². The van der Waals surface area contributed by atoms with E-state index in [1.165, 1.54) is 11.8 Å². The summed E-state index contributed by atoms with van der Waals surface area (Å²) in [6.45, 7) is 0. The maximum absolute atomic E-state index is 12.1. The van der Waals surface area contributed by atoms with Crippen LogP contribution in [0.3, 0.4) is 0 Å². The normalized spacial score (nSPS) is 13.0. The molecule has 186 valence electrons. The van der Waals surface area contributed by atoms with Gasteiger partial charge in [-0.2, -0.15) is 11.8 Å². The second kappa shape index (κ2) is 15.4. The van der Waals surface area contributed by atoms with Gasteiger partial charge in [0.25, 0.3) is 5.91 Å². The standard InChI is InChI=1S/C23H28N6O3S3/c24-17(34-22(26)28-19(30)13-15-7-3-1-4-8-15)11-12-33-14-18(25)35-23(27)29-21(32)20(31)16-9-5-2-6-10-16/h1-10,19-20,24-25,30-31H,11-14H2,(H2,26,28)(H2,27,29,32)/t19?,20-/m0/s1. The highest BCUT2D eigenvalue weighted by Crippen LogP contribution is 2.16. The van der Waals surface area contributed by atoms with Crippen molar-refractivity contribution in [1.29, 1.82) is 16.2 Å². The highest BCUT2D eigenvalue weighted by molar-refractivity contribution is 8.27. The third kappa shape index (κ3) is 11.6. The van der Waals surface area contributed by atoms with Gasteiger partial charge >= 0.3 is 0 Å². The zero-order valence-electron chi connectivity index (χ0n) is 18.8. The fourth-order valence-corrected chi connectivity index (χ4v) is 5.02. The summed E-state index contributed by atoms with van der Waals surface area (Å²) in [5.41, 5.74) is 7.19. The van der Waals surface area contributed by atoms with Crippen molar-refractivity contribution in [3.05, 3.63) is 71.8 Å². The Morgan fingerprint density at radius 2 is 1.60 bits per heavy atom. The molecular weight excluding hydrogens is 504 g/mol. The van der Waals surface area contributed by atoms with E-state index in [9.17, 15) is 15.0 Å². The molecule has 0 aliphatic rings. The van der Waals surface area contributed by atoms with Gasteiger partial charge in [0.2, 0.25) is 0 Å². The lowest BCUT2D eigenvalue weighted by Crippen LogP contribution is -2.33. The molecule has 1 amide bonds. The van der Waals surface area contributed by atoms with Crippen molar-refractivity contribution >= 4 is 61.6 Å². The first-order valence-electron chi connectivity index (χ1n) is 10.5. The third-order valence-electron chi connectivity index (χ3n) is 4.30. The van der Waals surface area contributed by atoms with Crippen molar-refractivity contribution in [3.63, 3.8) is 0 Å². The Bertz CT molecular complexity index is 1040. The van der Waals surface area contributed by atoms with Crippen molar-refractivity contribution in [1.82, 2.24) is 5.32 Å². The highest BCUT2D eigenvalue weighted by atomic mass is 32.2. The van der Waals surface area contributed by atoms with Crippen LogP contribution in [-0.2, 0) is 11.2 Å². The molecule has 8 N–H and O–H groups in total. The second-order valence-electron chi connectivity index (χ2n) is 7.12. The first-order valence-corrected chi connectivity index (χ1v) is 13.3. The average Bonchev–Trinajstić information content (AvgIpc) is 2.82. The van der Waals surface area contributed by atoms with Crippen LogP contribution in [0.2, 0.25) is 0 Å². The average molecular weight is 533 g/mol. The van der Waals surface area contributed by atoms with Crippen LogP contribution in [0, 0.1) is 16.2 Å². The number of carbonyl (C=O) groups excluding carboxylic acids is 1.